The van der Waals surface area contributed by atoms with Gasteiger partial charge in [0, 0.05) is 28.0 Å². The number of hydrogen-bond donors (Lipinski definition) is 2. The van der Waals surface area contributed by atoms with E-state index in [0.29, 0.717) is 22.5 Å². The molecule has 0 spiro atoms. The van der Waals surface area contributed by atoms with Crippen molar-refractivity contribution in [2.45, 2.75) is 8.68 Å². The highest BCUT2D eigenvalue weighted by molar-refractivity contribution is 9.10. The molecule has 0 unspecified atom stereocenters. The molecule has 10 nitrogen and oxygen atoms in total. The molecule has 230 valence electrons. The maximum Gasteiger partial charge on any atom is 0.311 e. The molecule has 46 heavy (non-hydrogen) atoms. The molecule has 0 aliphatic heterocycles. The molecular formula is C31H20BrN5O5S4. The average molecular weight is 751 g/mol. The minimum Gasteiger partial charge on any atom is -0.502 e. The first-order valence-electron chi connectivity index (χ1n) is 13.4. The molecule has 0 fully saturated rings. The van der Waals surface area contributed by atoms with Gasteiger partial charge in [-0.25, -0.2) is 9.97 Å². The third-order valence-corrected chi connectivity index (χ3v) is 11.2. The van der Waals surface area contributed by atoms with E-state index >= 15 is 0 Å². The number of carbonyl (C=O) groups excluding carboxylic acids is 2. The summed E-state index contributed by atoms with van der Waals surface area (Å²) < 4.78 is 4.24. The van der Waals surface area contributed by atoms with Gasteiger partial charge in [-0.3, -0.25) is 24.7 Å². The van der Waals surface area contributed by atoms with Crippen molar-refractivity contribution in [2.24, 2.45) is 4.99 Å². The summed E-state index contributed by atoms with van der Waals surface area (Å²) in [6, 6.07) is 22.4. The Morgan fingerprint density at radius 2 is 1.59 bits per heavy atom. The molecule has 6 rings (SSSR count). The first-order valence-corrected chi connectivity index (χ1v) is 17.8. The lowest BCUT2D eigenvalue weighted by atomic mass is 10.2. The summed E-state index contributed by atoms with van der Waals surface area (Å²) >= 11 is 9.02. The lowest BCUT2D eigenvalue weighted by molar-refractivity contribution is -0.385. The van der Waals surface area contributed by atoms with Crippen LogP contribution in [0.3, 0.4) is 0 Å². The van der Waals surface area contributed by atoms with E-state index < -0.39 is 10.7 Å². The molecular weight excluding hydrogens is 731 g/mol. The van der Waals surface area contributed by atoms with Crippen molar-refractivity contribution in [3.8, 4) is 5.75 Å². The quantitative estimate of drug-likeness (QED) is 0.0436. The number of carbonyl (C=O) groups is 2. The second-order valence-electron chi connectivity index (χ2n) is 9.61. The Morgan fingerprint density at radius 1 is 0.913 bits per heavy atom. The van der Waals surface area contributed by atoms with Gasteiger partial charge in [0.1, 0.15) is 0 Å². The van der Waals surface area contributed by atoms with Gasteiger partial charge in [-0.1, -0.05) is 51.6 Å². The van der Waals surface area contributed by atoms with E-state index in [9.17, 15) is 24.8 Å². The first kappa shape index (κ1) is 31.8. The summed E-state index contributed by atoms with van der Waals surface area (Å²) in [6.07, 6.45) is 1.49. The number of thiazole rings is 2. The number of thioether (sulfide) groups is 2. The molecule has 6 aromatic rings. The van der Waals surface area contributed by atoms with Crippen molar-refractivity contribution < 1.29 is 19.6 Å². The Bertz CT molecular complexity index is 2150. The summed E-state index contributed by atoms with van der Waals surface area (Å²) in [6.45, 7) is 0. The number of ketones is 1. The van der Waals surface area contributed by atoms with Gasteiger partial charge in [0.25, 0.3) is 0 Å². The van der Waals surface area contributed by atoms with Crippen LogP contribution in [-0.4, -0.2) is 49.4 Å². The number of anilines is 1. The van der Waals surface area contributed by atoms with Crippen molar-refractivity contribution in [2.75, 3.05) is 16.8 Å². The van der Waals surface area contributed by atoms with Crippen LogP contribution in [0.15, 0.2) is 97.0 Å². The van der Waals surface area contributed by atoms with Crippen LogP contribution < -0.4 is 5.32 Å². The van der Waals surface area contributed by atoms with Crippen molar-refractivity contribution in [3.63, 3.8) is 0 Å². The summed E-state index contributed by atoms with van der Waals surface area (Å²) in [5.41, 5.74) is 3.63. The Balaban J connectivity index is 1.03. The van der Waals surface area contributed by atoms with Gasteiger partial charge in [-0.15, -0.1) is 22.7 Å². The third kappa shape index (κ3) is 7.79. The van der Waals surface area contributed by atoms with E-state index in [-0.39, 0.29) is 28.9 Å². The first-order chi connectivity index (χ1) is 22.2. The minimum atomic E-state index is -0.649. The number of nitrogens with one attached hydrogen (secondary N) is 1. The number of amides is 1. The molecule has 0 saturated heterocycles. The summed E-state index contributed by atoms with van der Waals surface area (Å²) in [7, 11) is 0. The van der Waals surface area contributed by atoms with Crippen molar-refractivity contribution in [1.82, 2.24) is 9.97 Å². The van der Waals surface area contributed by atoms with Gasteiger partial charge >= 0.3 is 5.69 Å². The molecule has 0 saturated carbocycles. The fourth-order valence-corrected chi connectivity index (χ4v) is 8.33. The van der Waals surface area contributed by atoms with E-state index in [1.54, 1.807) is 24.3 Å². The smallest absolute Gasteiger partial charge is 0.311 e. The van der Waals surface area contributed by atoms with Gasteiger partial charge < -0.3 is 10.4 Å². The normalized spacial score (nSPS) is 11.4. The fraction of sp³-hybridized carbons (Fsp3) is 0.0645. The molecule has 0 aliphatic carbocycles. The number of phenols is 1. The molecule has 2 aromatic heterocycles. The lowest BCUT2D eigenvalue weighted by Gasteiger charge is -2.03. The van der Waals surface area contributed by atoms with Crippen LogP contribution in [0.1, 0.15) is 15.9 Å². The highest BCUT2D eigenvalue weighted by Gasteiger charge is 2.14. The van der Waals surface area contributed by atoms with Crippen molar-refractivity contribution in [3.05, 3.63) is 105 Å². The maximum absolute atomic E-state index is 12.7. The molecule has 15 heteroatoms. The highest BCUT2D eigenvalue weighted by Crippen LogP contribution is 2.34. The zero-order valence-electron chi connectivity index (χ0n) is 23.4. The predicted molar refractivity (Wildman–Crippen MR) is 190 cm³/mol. The summed E-state index contributed by atoms with van der Waals surface area (Å²) in [4.78, 5) is 49.3. The van der Waals surface area contributed by atoms with Crippen LogP contribution >= 0.6 is 62.1 Å². The van der Waals surface area contributed by atoms with Gasteiger partial charge in [0.2, 0.25) is 5.91 Å². The number of nitro groups is 1. The van der Waals surface area contributed by atoms with Crippen LogP contribution in [0.5, 0.6) is 5.75 Å². The number of nitrogens with zero attached hydrogens (tertiary/aromatic N) is 4. The van der Waals surface area contributed by atoms with E-state index in [1.807, 2.05) is 42.5 Å². The summed E-state index contributed by atoms with van der Waals surface area (Å²) in [5, 5.41) is 23.6. The van der Waals surface area contributed by atoms with Crippen molar-refractivity contribution in [1.29, 1.82) is 0 Å². The number of nitro benzene ring substituents is 1. The second-order valence-corrected chi connectivity index (χ2v) is 15.0. The zero-order chi connectivity index (χ0) is 32.2. The minimum absolute atomic E-state index is 0.0324. The molecule has 0 radical (unpaired) electrons. The Morgan fingerprint density at radius 3 is 2.30 bits per heavy atom. The van der Waals surface area contributed by atoms with E-state index in [1.165, 1.54) is 64.5 Å². The number of rotatable bonds is 11. The number of aliphatic imine (C=N–C) groups is 1. The molecule has 4 aromatic carbocycles. The molecule has 1 amide bonds. The number of aromatic hydroxyl groups is 1. The molecule has 2 N–H and O–H groups in total. The van der Waals surface area contributed by atoms with Crippen LogP contribution in [-0.2, 0) is 4.79 Å². The zero-order valence-corrected chi connectivity index (χ0v) is 28.2. The fourth-order valence-electron chi connectivity index (χ4n) is 4.16. The van der Waals surface area contributed by atoms with Crippen LogP contribution in [0.25, 0.3) is 20.4 Å². The number of halogens is 1. The van der Waals surface area contributed by atoms with E-state index in [2.05, 4.69) is 36.2 Å². The van der Waals surface area contributed by atoms with Crippen molar-refractivity contribution >= 4 is 118 Å². The Labute approximate surface area is 286 Å². The van der Waals surface area contributed by atoms with E-state index in [4.69, 9.17) is 0 Å². The Kier molecular flexibility index (Phi) is 9.75. The number of fused-ring (bicyclic) bond motifs is 2. The molecule has 2 heterocycles. The van der Waals surface area contributed by atoms with Crippen LogP contribution in [0.4, 0.5) is 17.1 Å². The maximum atomic E-state index is 12.7. The largest absolute Gasteiger partial charge is 0.502 e. The second kappa shape index (κ2) is 14.1. The highest BCUT2D eigenvalue weighted by atomic mass is 79.9. The van der Waals surface area contributed by atoms with E-state index in [0.717, 1.165) is 33.6 Å². The van der Waals surface area contributed by atoms with Gasteiger partial charge in [-0.05, 0) is 66.2 Å². The Hall–Kier alpha value is -4.15. The topological polar surface area (TPSA) is 148 Å². The number of phenolic OH excluding ortho intramolecular Hbond substituents is 1. The molecule has 0 aliphatic rings. The van der Waals surface area contributed by atoms with Gasteiger partial charge in [0.05, 0.1) is 42.5 Å². The molecule has 0 bridgehead atoms. The van der Waals surface area contributed by atoms with Gasteiger partial charge in [0.15, 0.2) is 20.2 Å². The SMILES string of the molecule is O=C(CSc1nc2ccc(N=Cc3ccc(O)c([N+](=O)[O-])c3)cc2s1)Nc1ccc2nc(SCC(=O)c3ccc(Br)cc3)sc2c1. The predicted octanol–water partition coefficient (Wildman–Crippen LogP) is 8.74. The number of aromatic nitrogens is 2. The van der Waals surface area contributed by atoms with Crippen LogP contribution in [0.2, 0.25) is 0 Å². The average Bonchev–Trinajstić information content (AvgIpc) is 3.65. The standard InChI is InChI=1S/C31H20BrN5O5S4/c32-19-4-2-18(3-5-19)26(39)15-43-30-35-23-9-7-21(13-28(23)46-30)34-29(40)16-44-31-36-22-8-6-20(12-27(22)45-31)33-14-17-1-10-25(38)24(11-17)37(41)42/h1-14,38H,15-16H2,(H,34,40). The van der Waals surface area contributed by atoms with Gasteiger partial charge in [-0.2, -0.15) is 0 Å². The summed E-state index contributed by atoms with van der Waals surface area (Å²) in [5.74, 6) is -0.0828. The monoisotopic (exact) mass is 749 g/mol. The lowest BCUT2D eigenvalue weighted by Crippen LogP contribution is -2.13. The number of benzene rings is 4. The molecule has 0 atom stereocenters. The number of hydrogen-bond acceptors (Lipinski definition) is 12. The number of Topliss-reactive ketones (excluding diaryl/α,β-unsaturated/α-hetero) is 1. The third-order valence-electron chi connectivity index (χ3n) is 6.38. The van der Waals surface area contributed by atoms with Crippen LogP contribution in [0, 0.1) is 10.1 Å².